The molecule has 11 nitrogen and oxygen atoms in total. The van der Waals surface area contributed by atoms with E-state index in [2.05, 4.69) is 0 Å². The summed E-state index contributed by atoms with van der Waals surface area (Å²) < 4.78 is 23.3. The van der Waals surface area contributed by atoms with E-state index < -0.39 is 16.5 Å². The molecule has 0 spiro atoms. The van der Waals surface area contributed by atoms with Crippen molar-refractivity contribution in [2.45, 2.75) is 26.6 Å². The maximum atomic E-state index is 14.2. The molecule has 3 aromatic carbocycles. The van der Waals surface area contributed by atoms with E-state index in [1.54, 1.807) is 39.3 Å². The molecule has 0 radical (unpaired) electrons. The van der Waals surface area contributed by atoms with Crippen molar-refractivity contribution in [2.24, 2.45) is 0 Å². The summed E-state index contributed by atoms with van der Waals surface area (Å²) in [5, 5.41) is 12.1. The zero-order valence-electron chi connectivity index (χ0n) is 25.8. The van der Waals surface area contributed by atoms with E-state index >= 15 is 0 Å². The minimum atomic E-state index is -0.983. The highest BCUT2D eigenvalue weighted by molar-refractivity contribution is 7.22. The maximum Gasteiger partial charge on any atom is 0.514 e. The van der Waals surface area contributed by atoms with Gasteiger partial charge < -0.3 is 23.5 Å². The van der Waals surface area contributed by atoms with Crippen molar-refractivity contribution in [1.82, 2.24) is 9.47 Å². The Morgan fingerprint density at radius 1 is 0.935 bits per heavy atom. The Labute approximate surface area is 269 Å². The van der Waals surface area contributed by atoms with Gasteiger partial charge in [-0.2, -0.15) is 0 Å². The van der Waals surface area contributed by atoms with Crippen molar-refractivity contribution in [3.63, 3.8) is 0 Å². The third-order valence-electron chi connectivity index (χ3n) is 7.37. The molecule has 0 saturated carbocycles. The summed E-state index contributed by atoms with van der Waals surface area (Å²) in [5.41, 5.74) is 2.49. The minimum Gasteiger partial charge on any atom is -0.497 e. The summed E-state index contributed by atoms with van der Waals surface area (Å²) >= 11 is 1.43. The number of hydrogen-bond donors (Lipinski definition) is 0. The molecule has 0 N–H and O–H groups in total. The number of nitrogens with zero attached hydrogens (tertiary/aromatic N) is 3. The summed E-state index contributed by atoms with van der Waals surface area (Å²) in [6.07, 6.45) is 0.534. The number of hydrogen-bond acceptors (Lipinski definition) is 10. The zero-order chi connectivity index (χ0) is 32.8. The molecular formula is C34H33N3O8S. The van der Waals surface area contributed by atoms with Crippen LogP contribution in [0.1, 0.15) is 23.6 Å². The lowest BCUT2D eigenvalue weighted by Crippen LogP contribution is -2.21. The fraction of sp³-hybridized carbons (Fsp3) is 0.235. The number of carbonyl (C=O) groups excluding carboxylic acids is 1. The van der Waals surface area contributed by atoms with E-state index in [0.717, 1.165) is 16.0 Å². The predicted octanol–water partition coefficient (Wildman–Crippen LogP) is 6.87. The van der Waals surface area contributed by atoms with Crippen LogP contribution in [0.25, 0.3) is 20.7 Å². The van der Waals surface area contributed by atoms with Crippen molar-refractivity contribution < 1.29 is 28.7 Å². The lowest BCUT2D eigenvalue weighted by molar-refractivity contribution is -0.385. The number of aromatic nitrogens is 1. The Morgan fingerprint density at radius 2 is 1.63 bits per heavy atom. The molecule has 12 heteroatoms. The first kappa shape index (κ1) is 32.2. The number of pyridine rings is 1. The first-order chi connectivity index (χ1) is 22.2. The third-order valence-corrected chi connectivity index (χ3v) is 8.69. The second kappa shape index (κ2) is 14.3. The van der Waals surface area contributed by atoms with Gasteiger partial charge in [0.15, 0.2) is 5.75 Å². The molecule has 0 fully saturated rings. The van der Waals surface area contributed by atoms with Crippen LogP contribution in [0.2, 0.25) is 0 Å². The van der Waals surface area contributed by atoms with Crippen LogP contribution >= 0.6 is 11.3 Å². The summed E-state index contributed by atoms with van der Waals surface area (Å²) in [5.74, 6) is 1.17. The molecule has 238 valence electrons. The Morgan fingerprint density at radius 3 is 2.30 bits per heavy atom. The third kappa shape index (κ3) is 6.87. The molecule has 0 aliphatic rings. The molecule has 0 amide bonds. The van der Waals surface area contributed by atoms with Crippen LogP contribution < -0.4 is 19.6 Å². The first-order valence-electron chi connectivity index (χ1n) is 14.4. The van der Waals surface area contributed by atoms with Crippen LogP contribution in [0.4, 0.5) is 10.5 Å². The topological polar surface area (TPSA) is 122 Å². The number of para-hydroxylation sites is 2. The van der Waals surface area contributed by atoms with Gasteiger partial charge in [0.1, 0.15) is 16.3 Å². The predicted molar refractivity (Wildman–Crippen MR) is 176 cm³/mol. The molecular weight excluding hydrogens is 610 g/mol. The van der Waals surface area contributed by atoms with Crippen LogP contribution in [0.5, 0.6) is 17.2 Å². The van der Waals surface area contributed by atoms with Crippen molar-refractivity contribution in [1.29, 1.82) is 0 Å². The van der Waals surface area contributed by atoms with E-state index in [4.69, 9.17) is 18.9 Å². The molecule has 0 aliphatic carbocycles. The number of nitro groups is 1. The van der Waals surface area contributed by atoms with Gasteiger partial charge in [-0.25, -0.2) is 4.79 Å². The largest absolute Gasteiger partial charge is 0.514 e. The quantitative estimate of drug-likeness (QED) is 0.0814. The number of ether oxygens (including phenoxy) is 4. The normalized spacial score (nSPS) is 11.1. The molecule has 5 rings (SSSR count). The van der Waals surface area contributed by atoms with Crippen LogP contribution in [0.3, 0.4) is 0 Å². The van der Waals surface area contributed by atoms with E-state index in [9.17, 15) is 19.7 Å². The number of thiophene rings is 1. The number of benzene rings is 3. The molecule has 0 aliphatic heterocycles. The molecule has 2 aromatic heterocycles. The number of nitro benzene ring substituents is 1. The maximum absolute atomic E-state index is 14.2. The van der Waals surface area contributed by atoms with E-state index in [1.165, 1.54) is 23.6 Å². The van der Waals surface area contributed by atoms with Gasteiger partial charge in [0.25, 0.3) is 5.69 Å². The molecule has 0 saturated heterocycles. The average molecular weight is 644 g/mol. The number of fused-ring (bicyclic) bond motifs is 1. The van der Waals surface area contributed by atoms with Crippen LogP contribution in [0, 0.1) is 10.1 Å². The highest BCUT2D eigenvalue weighted by atomic mass is 32.1. The van der Waals surface area contributed by atoms with Gasteiger partial charge in [0.05, 0.1) is 43.9 Å². The van der Waals surface area contributed by atoms with Crippen LogP contribution in [-0.2, 0) is 24.4 Å². The molecule has 46 heavy (non-hydrogen) atoms. The van der Waals surface area contributed by atoms with Gasteiger partial charge in [0, 0.05) is 35.2 Å². The summed E-state index contributed by atoms with van der Waals surface area (Å²) in [7, 11) is 5.02. The Kier molecular flexibility index (Phi) is 9.99. The van der Waals surface area contributed by atoms with E-state index in [-0.39, 0.29) is 31.1 Å². The average Bonchev–Trinajstić information content (AvgIpc) is 3.43. The smallest absolute Gasteiger partial charge is 0.497 e. The van der Waals surface area contributed by atoms with Gasteiger partial charge in [-0.05, 0) is 55.4 Å². The van der Waals surface area contributed by atoms with Crippen LogP contribution in [-0.4, -0.2) is 48.4 Å². The molecule has 2 heterocycles. The second-order valence-corrected chi connectivity index (χ2v) is 11.4. The fourth-order valence-corrected chi connectivity index (χ4v) is 6.57. The highest BCUT2D eigenvalue weighted by Gasteiger charge is 2.25. The number of methoxy groups -OCH3 is 2. The zero-order valence-corrected chi connectivity index (χ0v) is 26.7. The van der Waals surface area contributed by atoms with E-state index in [0.29, 0.717) is 39.4 Å². The molecule has 0 unspecified atom stereocenters. The monoisotopic (exact) mass is 643 g/mol. The van der Waals surface area contributed by atoms with Crippen molar-refractivity contribution in [3.05, 3.63) is 116 Å². The highest BCUT2D eigenvalue weighted by Crippen LogP contribution is 2.40. The standard InChI is InChI=1S/C34H33N3O8S/c1-5-44-34(39)45-29-21-36(19-24-11-7-9-13-28(24)43-4)33-30(31(29)38)26(32(46-33)22-14-16-25(42-3)17-15-22)20-35(2)18-23-10-6-8-12-27(23)37(40)41/h6-17,21H,5,18-20H2,1-4H3. The molecule has 5 aromatic rings. The van der Waals surface area contributed by atoms with Crippen molar-refractivity contribution >= 4 is 33.4 Å². The Hall–Kier alpha value is -5.20. The SMILES string of the molecule is CCOC(=O)Oc1cn(Cc2ccccc2OC)c2sc(-c3ccc(OC)cc3)c(CN(C)Cc3ccccc3[N+](=O)[O-])c2c1=O. The lowest BCUT2D eigenvalue weighted by Gasteiger charge is -2.18. The lowest BCUT2D eigenvalue weighted by atomic mass is 10.0. The summed E-state index contributed by atoms with van der Waals surface area (Å²) in [4.78, 5) is 41.3. The number of carbonyl (C=O) groups is 1. The van der Waals surface area contributed by atoms with Gasteiger partial charge >= 0.3 is 6.16 Å². The van der Waals surface area contributed by atoms with Crippen molar-refractivity contribution in [3.8, 4) is 27.7 Å². The van der Waals surface area contributed by atoms with Gasteiger partial charge in [-0.3, -0.25) is 19.8 Å². The first-order valence-corrected chi connectivity index (χ1v) is 15.3. The van der Waals surface area contributed by atoms with Crippen molar-refractivity contribution in [2.75, 3.05) is 27.9 Å². The second-order valence-electron chi connectivity index (χ2n) is 10.4. The minimum absolute atomic E-state index is 0.0178. The van der Waals surface area contributed by atoms with Gasteiger partial charge in [-0.1, -0.05) is 36.4 Å². The Bertz CT molecular complexity index is 1930. The van der Waals surface area contributed by atoms with Crippen LogP contribution in [0.15, 0.2) is 83.8 Å². The summed E-state index contributed by atoms with van der Waals surface area (Å²) in [6.45, 7) is 2.56. The van der Waals surface area contributed by atoms with Gasteiger partial charge in [0.2, 0.25) is 5.43 Å². The Balaban J connectivity index is 1.71. The molecule has 0 atom stereocenters. The fourth-order valence-electron chi connectivity index (χ4n) is 5.28. The van der Waals surface area contributed by atoms with Gasteiger partial charge in [-0.15, -0.1) is 11.3 Å². The summed E-state index contributed by atoms with van der Waals surface area (Å²) in [6, 6.07) is 21.6. The number of rotatable bonds is 12. The molecule has 0 bridgehead atoms. The van der Waals surface area contributed by atoms with E-state index in [1.807, 2.05) is 65.0 Å².